The molecule has 0 aromatic heterocycles. The van der Waals surface area contributed by atoms with Gasteiger partial charge < -0.3 is 21.5 Å². The van der Waals surface area contributed by atoms with E-state index in [2.05, 4.69) is 4.74 Å². The first kappa shape index (κ1) is 21.0. The maximum Gasteiger partial charge on any atom is 1.00 e. The number of carboxylic acids is 1. The molecule has 6 rings (SSSR count). The van der Waals surface area contributed by atoms with Crippen molar-refractivity contribution in [3.8, 4) is 0 Å². The summed E-state index contributed by atoms with van der Waals surface area (Å²) < 4.78 is 4.59. The van der Waals surface area contributed by atoms with E-state index in [4.69, 9.17) is 15.3 Å². The van der Waals surface area contributed by atoms with E-state index >= 15 is 0 Å². The maximum atomic E-state index is 11.1. The summed E-state index contributed by atoms with van der Waals surface area (Å²) in [5, 5.41) is 26.4. The van der Waals surface area contributed by atoms with E-state index in [-0.39, 0.29) is 54.4 Å². The number of esters is 1. The zero-order chi connectivity index (χ0) is 15.5. The van der Waals surface area contributed by atoms with Gasteiger partial charge in [-0.3, -0.25) is 9.59 Å². The smallest absolute Gasteiger partial charge is 1.00 e. The van der Waals surface area contributed by atoms with E-state index in [0.29, 0.717) is 32.5 Å². The van der Waals surface area contributed by atoms with E-state index < -0.39 is 16.8 Å². The Labute approximate surface area is 159 Å². The quantitative estimate of drug-likeness (QED) is 0.363. The summed E-state index contributed by atoms with van der Waals surface area (Å²) >= 11 is 0. The number of carbonyl (C=O) groups is 2. The largest absolute Gasteiger partial charge is 1.00 e. The number of aliphatic hydroxyl groups excluding tert-OH is 2. The first-order valence-corrected chi connectivity index (χ1v) is 7.33. The summed E-state index contributed by atoms with van der Waals surface area (Å²) in [6, 6.07) is 0. The molecule has 6 fully saturated rings. The van der Waals surface area contributed by atoms with Crippen LogP contribution < -0.4 is 18.9 Å². The zero-order valence-electron chi connectivity index (χ0n) is 14.2. The summed E-state index contributed by atoms with van der Waals surface area (Å²) in [7, 11) is 1.34. The minimum atomic E-state index is -0.770. The Morgan fingerprint density at radius 1 is 0.957 bits per heavy atom. The Balaban J connectivity index is 0.000000402. The number of aliphatic carboxylic acids is 1. The number of carbonyl (C=O) groups excluding carboxylic acids is 1. The molecule has 0 unspecified atom stereocenters. The molecule has 126 valence electrons. The molecule has 3 N–H and O–H groups in total. The Kier molecular flexibility index (Phi) is 5.83. The molecule has 0 radical (unpaired) electrons. The van der Waals surface area contributed by atoms with Crippen molar-refractivity contribution in [1.82, 2.24) is 0 Å². The van der Waals surface area contributed by atoms with Crippen LogP contribution in [0.3, 0.4) is 0 Å². The minimum Gasteiger partial charge on any atom is -1.00 e. The van der Waals surface area contributed by atoms with Crippen molar-refractivity contribution in [2.45, 2.75) is 38.5 Å². The van der Waals surface area contributed by atoms with Gasteiger partial charge in [0.05, 0.1) is 17.9 Å². The van der Waals surface area contributed by atoms with Crippen LogP contribution in [0.1, 0.15) is 40.0 Å². The SMILES string of the molecule is COC(=O)C12CC(C(=O)O)(C1)C2.OCC12CC(CO)(C1)C2.[AlH3].[H-].[Li+]. The van der Waals surface area contributed by atoms with Crippen molar-refractivity contribution in [3.63, 3.8) is 0 Å². The third kappa shape index (κ3) is 2.80. The molecule has 0 saturated heterocycles. The van der Waals surface area contributed by atoms with Gasteiger partial charge in [0.25, 0.3) is 0 Å². The Hall–Kier alpha value is -0.0101. The molecular formula is C15H26AlLiO6. The van der Waals surface area contributed by atoms with Gasteiger partial charge in [0.1, 0.15) is 0 Å². The zero-order valence-corrected chi connectivity index (χ0v) is 13.2. The molecule has 0 aromatic rings. The van der Waals surface area contributed by atoms with Crippen LogP contribution in [0, 0.1) is 21.7 Å². The van der Waals surface area contributed by atoms with E-state index in [1.165, 1.54) is 7.11 Å². The summed E-state index contributed by atoms with van der Waals surface area (Å²) in [5.41, 5.74) is -0.465. The number of rotatable bonds is 4. The topological polar surface area (TPSA) is 104 Å². The molecule has 0 spiro atoms. The predicted octanol–water partition coefficient (Wildman–Crippen LogP) is -3.51. The van der Waals surface area contributed by atoms with Crippen molar-refractivity contribution in [2.24, 2.45) is 21.7 Å². The minimum absolute atomic E-state index is 0. The first-order valence-electron chi connectivity index (χ1n) is 7.33. The van der Waals surface area contributed by atoms with Gasteiger partial charge in [-0.05, 0) is 49.4 Å². The standard InChI is InChI=1S/C8H10O4.C7H12O2.Al.Li.4H/c1-12-6(11)8-2-7(3-8,4-8)5(9)10;8-4-6-1-7(2-6,3-6)5-9;;;;;;/h2-4H2,1H3,(H,9,10);8-9H,1-5H2;;;;;;/q;;;+1;;;;-1. The van der Waals surface area contributed by atoms with Crippen molar-refractivity contribution in [2.75, 3.05) is 20.3 Å². The van der Waals surface area contributed by atoms with Crippen LogP contribution in [0.5, 0.6) is 0 Å². The van der Waals surface area contributed by atoms with Gasteiger partial charge in [-0.1, -0.05) is 0 Å². The molecular weight excluding hydrogens is 310 g/mol. The number of ether oxygens (including phenoxy) is 1. The van der Waals surface area contributed by atoms with Gasteiger partial charge in [0, 0.05) is 13.2 Å². The molecule has 4 bridgehead atoms. The monoisotopic (exact) mass is 336 g/mol. The summed E-state index contributed by atoms with van der Waals surface area (Å²) in [6.07, 6.45) is 4.61. The van der Waals surface area contributed by atoms with E-state index in [1.807, 2.05) is 0 Å². The molecule has 0 amide bonds. The molecule has 6 nitrogen and oxygen atoms in total. The average molecular weight is 336 g/mol. The van der Waals surface area contributed by atoms with Crippen molar-refractivity contribution in [1.29, 1.82) is 0 Å². The summed E-state index contributed by atoms with van der Waals surface area (Å²) in [4.78, 5) is 21.7. The number of methoxy groups -OCH3 is 1. The fraction of sp³-hybridized carbons (Fsp3) is 0.867. The maximum absolute atomic E-state index is 11.1. The molecule has 6 saturated carbocycles. The van der Waals surface area contributed by atoms with Crippen LogP contribution in [-0.2, 0) is 14.3 Å². The van der Waals surface area contributed by atoms with Crippen LogP contribution in [0.2, 0.25) is 0 Å². The van der Waals surface area contributed by atoms with E-state index in [0.717, 1.165) is 19.3 Å². The average Bonchev–Trinajstić information content (AvgIpc) is 2.23. The predicted molar refractivity (Wildman–Crippen MR) is 82.3 cm³/mol. The van der Waals surface area contributed by atoms with Crippen molar-refractivity contribution < 1.29 is 49.9 Å². The Bertz CT molecular complexity index is 461. The first-order chi connectivity index (χ1) is 9.79. The number of hydrogen-bond acceptors (Lipinski definition) is 5. The molecule has 23 heavy (non-hydrogen) atoms. The molecule has 8 heteroatoms. The third-order valence-corrected chi connectivity index (χ3v) is 6.02. The molecule has 0 atom stereocenters. The second kappa shape index (κ2) is 6.37. The molecule has 0 heterocycles. The van der Waals surface area contributed by atoms with Crippen LogP contribution in [-0.4, -0.2) is 64.9 Å². The summed E-state index contributed by atoms with van der Waals surface area (Å²) in [5.74, 6) is -1.01. The van der Waals surface area contributed by atoms with Crippen molar-refractivity contribution >= 4 is 29.3 Å². The van der Waals surface area contributed by atoms with Gasteiger partial charge in [0.15, 0.2) is 17.4 Å². The Morgan fingerprint density at radius 3 is 1.61 bits per heavy atom. The normalized spacial score (nSPS) is 43.3. The second-order valence-corrected chi connectivity index (χ2v) is 7.73. The van der Waals surface area contributed by atoms with Gasteiger partial charge in [-0.25, -0.2) is 0 Å². The number of carboxylic acid groups (broad SMARTS) is 1. The van der Waals surface area contributed by atoms with E-state index in [1.54, 1.807) is 0 Å². The fourth-order valence-electron chi connectivity index (χ4n) is 5.01. The van der Waals surface area contributed by atoms with Gasteiger partial charge in [-0.2, -0.15) is 0 Å². The van der Waals surface area contributed by atoms with Crippen LogP contribution in [0.25, 0.3) is 0 Å². The fourth-order valence-corrected chi connectivity index (χ4v) is 5.01. The third-order valence-electron chi connectivity index (χ3n) is 6.02. The van der Waals surface area contributed by atoms with Gasteiger partial charge >= 0.3 is 30.8 Å². The van der Waals surface area contributed by atoms with Crippen LogP contribution in [0.4, 0.5) is 0 Å². The molecule has 6 aliphatic carbocycles. The van der Waals surface area contributed by atoms with Crippen LogP contribution in [0.15, 0.2) is 0 Å². The number of aliphatic hydroxyl groups is 2. The molecule has 0 aliphatic heterocycles. The molecule has 0 aromatic carbocycles. The van der Waals surface area contributed by atoms with Gasteiger partial charge in [-0.15, -0.1) is 0 Å². The van der Waals surface area contributed by atoms with Crippen LogP contribution >= 0.6 is 0 Å². The second-order valence-electron chi connectivity index (χ2n) is 7.73. The molecule has 6 aliphatic rings. The van der Waals surface area contributed by atoms with E-state index in [9.17, 15) is 9.59 Å². The summed E-state index contributed by atoms with van der Waals surface area (Å²) in [6.45, 7) is 0.656. The number of hydrogen-bond donors (Lipinski definition) is 3. The van der Waals surface area contributed by atoms with Gasteiger partial charge in [0.2, 0.25) is 0 Å². The van der Waals surface area contributed by atoms with Crippen molar-refractivity contribution in [3.05, 3.63) is 0 Å². The Morgan fingerprint density at radius 2 is 1.35 bits per heavy atom.